The molecule has 0 bridgehead atoms. The average molecular weight is 402 g/mol. The minimum absolute atomic E-state index is 0.0181. The van der Waals surface area contributed by atoms with Gasteiger partial charge in [-0.25, -0.2) is 4.98 Å². The average Bonchev–Trinajstić information content (AvgIpc) is 3.34. The van der Waals surface area contributed by atoms with Gasteiger partial charge in [-0.15, -0.1) is 11.3 Å². The zero-order valence-electron chi connectivity index (χ0n) is 16.4. The first-order valence-electron chi connectivity index (χ1n) is 9.79. The van der Waals surface area contributed by atoms with Gasteiger partial charge in [-0.3, -0.25) is 9.69 Å². The molecular weight excluding hydrogens is 374 g/mol. The Hall–Kier alpha value is -1.80. The Morgan fingerprint density at radius 1 is 1.39 bits per heavy atom. The number of piperidine rings is 1. The predicted molar refractivity (Wildman–Crippen MR) is 111 cm³/mol. The van der Waals surface area contributed by atoms with Crippen molar-refractivity contribution in [2.75, 3.05) is 38.7 Å². The highest BCUT2D eigenvalue weighted by molar-refractivity contribution is 7.14. The first-order chi connectivity index (χ1) is 13.6. The van der Waals surface area contributed by atoms with E-state index in [-0.39, 0.29) is 17.6 Å². The van der Waals surface area contributed by atoms with Gasteiger partial charge in [0.1, 0.15) is 0 Å². The summed E-state index contributed by atoms with van der Waals surface area (Å²) in [6, 6.07) is 8.23. The van der Waals surface area contributed by atoms with Crippen LogP contribution in [0.1, 0.15) is 24.8 Å². The lowest BCUT2D eigenvalue weighted by atomic mass is 9.86. The number of thiazole rings is 1. The Kier molecular flexibility index (Phi) is 5.78. The van der Waals surface area contributed by atoms with Gasteiger partial charge < -0.3 is 14.8 Å². The molecule has 150 valence electrons. The topological polar surface area (TPSA) is 63.7 Å². The van der Waals surface area contributed by atoms with Gasteiger partial charge in [-0.2, -0.15) is 0 Å². The molecule has 7 heteroatoms. The number of nitrogens with one attached hydrogen (secondary N) is 1. The van der Waals surface area contributed by atoms with Crippen LogP contribution in [0.3, 0.4) is 0 Å². The summed E-state index contributed by atoms with van der Waals surface area (Å²) in [5.74, 6) is -0.0389. The van der Waals surface area contributed by atoms with Crippen molar-refractivity contribution in [3.05, 3.63) is 35.2 Å². The Labute approximate surface area is 169 Å². The second-order valence-electron chi connectivity index (χ2n) is 7.68. The van der Waals surface area contributed by atoms with Crippen LogP contribution in [0, 0.1) is 6.92 Å². The van der Waals surface area contributed by atoms with Crippen LogP contribution in [0.25, 0.3) is 11.3 Å². The van der Waals surface area contributed by atoms with Crippen LogP contribution in [-0.4, -0.2) is 60.8 Å². The fourth-order valence-electron chi connectivity index (χ4n) is 4.15. The van der Waals surface area contributed by atoms with Gasteiger partial charge in [0.15, 0.2) is 5.13 Å². The number of methoxy groups -OCH3 is 1. The molecule has 0 saturated carbocycles. The molecule has 2 aliphatic heterocycles. The van der Waals surface area contributed by atoms with Gasteiger partial charge in [0.25, 0.3) is 0 Å². The molecule has 1 N–H and O–H groups in total. The molecule has 4 rings (SSSR count). The van der Waals surface area contributed by atoms with Crippen molar-refractivity contribution in [2.45, 2.75) is 37.9 Å². The van der Waals surface area contributed by atoms with E-state index in [0.717, 1.165) is 50.2 Å². The van der Waals surface area contributed by atoms with E-state index in [4.69, 9.17) is 9.47 Å². The molecule has 2 fully saturated rings. The van der Waals surface area contributed by atoms with Gasteiger partial charge in [0, 0.05) is 37.7 Å². The number of anilines is 1. The molecule has 2 aliphatic rings. The summed E-state index contributed by atoms with van der Waals surface area (Å²) in [4.78, 5) is 19.2. The minimum Gasteiger partial charge on any atom is -0.377 e. The third-order valence-electron chi connectivity index (χ3n) is 5.75. The maximum atomic E-state index is 12.5. The molecular formula is C21H27N3O3S. The lowest BCUT2D eigenvalue weighted by Crippen LogP contribution is -2.57. The second kappa shape index (κ2) is 8.29. The van der Waals surface area contributed by atoms with E-state index < -0.39 is 0 Å². The summed E-state index contributed by atoms with van der Waals surface area (Å²) in [6.45, 7) is 4.78. The smallest absolute Gasteiger partial charge is 0.240 e. The van der Waals surface area contributed by atoms with Gasteiger partial charge in [-0.1, -0.05) is 29.8 Å². The van der Waals surface area contributed by atoms with Crippen LogP contribution < -0.4 is 5.32 Å². The molecule has 1 aromatic carbocycles. The van der Waals surface area contributed by atoms with E-state index in [1.54, 1.807) is 7.11 Å². The van der Waals surface area contributed by atoms with Crippen molar-refractivity contribution < 1.29 is 14.3 Å². The molecule has 3 heterocycles. The number of nitrogens with zero attached hydrogens (tertiary/aromatic N) is 2. The predicted octanol–water partition coefficient (Wildman–Crippen LogP) is 3.33. The van der Waals surface area contributed by atoms with E-state index >= 15 is 0 Å². The minimum atomic E-state index is -0.153. The fourth-order valence-corrected chi connectivity index (χ4v) is 4.89. The lowest BCUT2D eigenvalue weighted by Gasteiger charge is -2.44. The quantitative estimate of drug-likeness (QED) is 0.833. The van der Waals surface area contributed by atoms with Gasteiger partial charge in [-0.05, 0) is 26.2 Å². The number of likely N-dealkylation sites (tertiary alicyclic amines) is 1. The third kappa shape index (κ3) is 4.12. The standard InChI is InChI=1S/C21H27N3O3S/c1-15-4-6-16(7-5-15)17-14-28-20(22-17)23-19(25)13-24-10-9-21(8-3-11-27-21)18(12-24)26-2/h4-7,14,18H,3,8-13H2,1-2H3,(H,22,23,25)/t18-,21+/m0/s1. The summed E-state index contributed by atoms with van der Waals surface area (Å²) in [5.41, 5.74) is 3.01. The number of benzene rings is 1. The number of aromatic nitrogens is 1. The summed E-state index contributed by atoms with van der Waals surface area (Å²) in [6.07, 6.45) is 3.07. The molecule has 1 amide bonds. The van der Waals surface area contributed by atoms with Gasteiger partial charge >= 0.3 is 0 Å². The van der Waals surface area contributed by atoms with E-state index in [0.29, 0.717) is 11.7 Å². The number of hydrogen-bond acceptors (Lipinski definition) is 6. The molecule has 2 atom stereocenters. The number of hydrogen-bond donors (Lipinski definition) is 1. The Balaban J connectivity index is 1.33. The highest BCUT2D eigenvalue weighted by atomic mass is 32.1. The van der Waals surface area contributed by atoms with Crippen molar-refractivity contribution in [2.24, 2.45) is 0 Å². The zero-order chi connectivity index (χ0) is 19.6. The highest BCUT2D eigenvalue weighted by Crippen LogP contribution is 2.37. The summed E-state index contributed by atoms with van der Waals surface area (Å²) in [7, 11) is 1.74. The highest BCUT2D eigenvalue weighted by Gasteiger charge is 2.46. The van der Waals surface area contributed by atoms with Crippen LogP contribution in [0.2, 0.25) is 0 Å². The maximum Gasteiger partial charge on any atom is 0.240 e. The largest absolute Gasteiger partial charge is 0.377 e. The summed E-state index contributed by atoms with van der Waals surface area (Å²) in [5, 5.41) is 5.55. The summed E-state index contributed by atoms with van der Waals surface area (Å²) >= 11 is 1.45. The van der Waals surface area contributed by atoms with Crippen LogP contribution >= 0.6 is 11.3 Å². The van der Waals surface area contributed by atoms with Gasteiger partial charge in [0.2, 0.25) is 5.91 Å². The maximum absolute atomic E-state index is 12.5. The van der Waals surface area contributed by atoms with Crippen molar-refractivity contribution in [1.29, 1.82) is 0 Å². The molecule has 2 aromatic rings. The van der Waals surface area contributed by atoms with Crippen LogP contribution in [0.15, 0.2) is 29.6 Å². The molecule has 6 nitrogen and oxygen atoms in total. The van der Waals surface area contributed by atoms with Crippen molar-refractivity contribution in [3.63, 3.8) is 0 Å². The first-order valence-corrected chi connectivity index (χ1v) is 10.7. The van der Waals surface area contributed by atoms with E-state index in [2.05, 4.69) is 46.4 Å². The Morgan fingerprint density at radius 2 is 2.21 bits per heavy atom. The zero-order valence-corrected chi connectivity index (χ0v) is 17.3. The molecule has 1 aromatic heterocycles. The van der Waals surface area contributed by atoms with E-state index in [1.165, 1.54) is 16.9 Å². The van der Waals surface area contributed by atoms with Crippen molar-refractivity contribution >= 4 is 22.4 Å². The van der Waals surface area contributed by atoms with E-state index in [9.17, 15) is 4.79 Å². The van der Waals surface area contributed by atoms with Gasteiger partial charge in [0.05, 0.1) is 23.9 Å². The normalized spacial score (nSPS) is 25.3. The van der Waals surface area contributed by atoms with Crippen LogP contribution in [-0.2, 0) is 14.3 Å². The fraction of sp³-hybridized carbons (Fsp3) is 0.524. The number of ether oxygens (including phenoxy) is 2. The number of carbonyl (C=O) groups excluding carboxylic acids is 1. The molecule has 1 spiro atoms. The molecule has 28 heavy (non-hydrogen) atoms. The molecule has 0 aliphatic carbocycles. The Bertz CT molecular complexity index is 815. The number of amides is 1. The van der Waals surface area contributed by atoms with Crippen molar-refractivity contribution in [3.8, 4) is 11.3 Å². The second-order valence-corrected chi connectivity index (χ2v) is 8.54. The first kappa shape index (κ1) is 19.5. The molecule has 0 unspecified atom stereocenters. The van der Waals surface area contributed by atoms with Crippen molar-refractivity contribution in [1.82, 2.24) is 9.88 Å². The monoisotopic (exact) mass is 401 g/mol. The third-order valence-corrected chi connectivity index (χ3v) is 6.50. The lowest BCUT2D eigenvalue weighted by molar-refractivity contribution is -0.145. The molecule has 0 radical (unpaired) electrons. The van der Waals surface area contributed by atoms with Crippen LogP contribution in [0.4, 0.5) is 5.13 Å². The Morgan fingerprint density at radius 3 is 2.93 bits per heavy atom. The number of rotatable bonds is 5. The summed E-state index contributed by atoms with van der Waals surface area (Å²) < 4.78 is 11.7. The van der Waals surface area contributed by atoms with E-state index in [1.807, 2.05) is 5.38 Å². The van der Waals surface area contributed by atoms with Crippen LogP contribution in [0.5, 0.6) is 0 Å². The number of aryl methyl sites for hydroxylation is 1. The molecule has 2 saturated heterocycles. The number of carbonyl (C=O) groups is 1. The SMILES string of the molecule is CO[C@H]1CN(CC(=O)Nc2nc(-c3ccc(C)cc3)cs2)CC[C@]12CCCO2.